The first kappa shape index (κ1) is 14.3. The Labute approximate surface area is 88.0 Å². The van der Waals surface area contributed by atoms with E-state index in [9.17, 15) is 9.46 Å². The van der Waals surface area contributed by atoms with E-state index < -0.39 is 22.5 Å². The van der Waals surface area contributed by atoms with Crippen LogP contribution in [0.3, 0.4) is 0 Å². The van der Waals surface area contributed by atoms with Crippen LogP contribution < -0.4 is 0 Å². The smallest absolute Gasteiger partial charge is 0.333 e. The van der Waals surface area contributed by atoms with Crippen molar-refractivity contribution in [1.29, 1.82) is 0 Å². The summed E-state index contributed by atoms with van der Waals surface area (Å²) in [5, 5.41) is 0. The fourth-order valence-electron chi connectivity index (χ4n) is 0.994. The van der Waals surface area contributed by atoms with Crippen LogP contribution in [0.2, 0.25) is 12.1 Å². The Morgan fingerprint density at radius 1 is 1.29 bits per heavy atom. The molecule has 0 saturated carbocycles. The molecule has 0 aromatic carbocycles. The molecule has 0 aromatic heterocycles. The van der Waals surface area contributed by atoms with Gasteiger partial charge in [0.1, 0.15) is 0 Å². The number of hydrogen-bond donors (Lipinski definition) is 1. The van der Waals surface area contributed by atoms with Crippen molar-refractivity contribution < 1.29 is 18.2 Å². The maximum Gasteiger partial charge on any atom is 0.462 e. The summed E-state index contributed by atoms with van der Waals surface area (Å²) in [7, 11) is -5.39. The van der Waals surface area contributed by atoms with Crippen molar-refractivity contribution in [2.24, 2.45) is 0 Å². The predicted molar refractivity (Wildman–Crippen MR) is 59.9 cm³/mol. The van der Waals surface area contributed by atoms with Crippen molar-refractivity contribution in [1.82, 2.24) is 0 Å². The van der Waals surface area contributed by atoms with E-state index in [1.165, 1.54) is 0 Å². The highest BCUT2D eigenvalue weighted by Crippen LogP contribution is 2.48. The highest BCUT2D eigenvalue weighted by atomic mass is 31.2. The van der Waals surface area contributed by atoms with E-state index >= 15 is 0 Å². The van der Waals surface area contributed by atoms with Gasteiger partial charge in [0.2, 0.25) is 0 Å². The Bertz CT molecular complexity index is 210. The van der Waals surface area contributed by atoms with Crippen molar-refractivity contribution >= 4 is 16.9 Å². The Hall–Kier alpha value is 0.327. The molecule has 0 bridgehead atoms. The van der Waals surface area contributed by atoms with E-state index in [4.69, 9.17) is 8.74 Å². The van der Waals surface area contributed by atoms with Crippen molar-refractivity contribution in [3.8, 4) is 0 Å². The van der Waals surface area contributed by atoms with Gasteiger partial charge in [0.05, 0.1) is 5.60 Å². The molecule has 0 aliphatic heterocycles. The Morgan fingerprint density at radius 3 is 2.00 bits per heavy atom. The first-order valence-corrected chi connectivity index (χ1v) is 8.52. The normalized spacial score (nSPS) is 17.1. The van der Waals surface area contributed by atoms with E-state index in [2.05, 4.69) is 0 Å². The lowest BCUT2D eigenvalue weighted by atomic mass is 10.2. The summed E-state index contributed by atoms with van der Waals surface area (Å²) in [6, 6.07) is 1.68. The zero-order chi connectivity index (χ0) is 11.4. The van der Waals surface area contributed by atoms with Crippen molar-refractivity contribution in [3.05, 3.63) is 0 Å². The third kappa shape index (κ3) is 6.73. The summed E-state index contributed by atoms with van der Waals surface area (Å²) in [5.74, 6) is 0. The molecule has 0 rings (SSSR count). The predicted octanol–water partition coefficient (Wildman–Crippen LogP) is 2.68. The van der Waals surface area contributed by atoms with Gasteiger partial charge >= 0.3 is 7.82 Å². The molecule has 0 aliphatic rings. The molecule has 6 heteroatoms. The van der Waals surface area contributed by atoms with Crippen LogP contribution in [0.4, 0.5) is 0 Å². The molecule has 86 valence electrons. The molecule has 4 nitrogen and oxygen atoms in total. The fourth-order valence-corrected chi connectivity index (χ4v) is 5.14. The molecule has 0 spiro atoms. The van der Waals surface area contributed by atoms with E-state index in [0.29, 0.717) is 0 Å². The quantitative estimate of drug-likeness (QED) is 0.593. The zero-order valence-corrected chi connectivity index (χ0v) is 11.7. The standard InChI is InChI=1S/C8H21O4PSi/c1-6-14(7-2)12-13(9,10)11-8(3,4)5/h14H,6-7H2,1-5H3,(H,9,10). The highest BCUT2D eigenvalue weighted by Gasteiger charge is 2.30. The number of hydrogen-bond acceptors (Lipinski definition) is 3. The number of phosphoric acid groups is 1. The summed E-state index contributed by atoms with van der Waals surface area (Å²) >= 11 is 0. The maximum atomic E-state index is 11.5. The lowest BCUT2D eigenvalue weighted by Crippen LogP contribution is -2.21. The minimum Gasteiger partial charge on any atom is -0.333 e. The molecular weight excluding hydrogens is 219 g/mol. The maximum absolute atomic E-state index is 11.5. The van der Waals surface area contributed by atoms with Crippen LogP contribution in [0.15, 0.2) is 0 Å². The first-order chi connectivity index (χ1) is 6.20. The van der Waals surface area contributed by atoms with Gasteiger partial charge in [0.15, 0.2) is 9.04 Å². The molecule has 1 unspecified atom stereocenters. The van der Waals surface area contributed by atoms with E-state index in [1.54, 1.807) is 20.8 Å². The summed E-state index contributed by atoms with van der Waals surface area (Å²) in [6.07, 6.45) is 0. The summed E-state index contributed by atoms with van der Waals surface area (Å²) in [6.45, 7) is 9.13. The van der Waals surface area contributed by atoms with Gasteiger partial charge in [-0.2, -0.15) is 0 Å². The third-order valence-electron chi connectivity index (χ3n) is 1.58. The van der Waals surface area contributed by atoms with E-state index in [-0.39, 0.29) is 0 Å². The third-order valence-corrected chi connectivity index (χ3v) is 6.44. The minimum absolute atomic E-state index is 0.648. The van der Waals surface area contributed by atoms with Crippen LogP contribution >= 0.6 is 7.82 Å². The average molecular weight is 240 g/mol. The number of rotatable bonds is 5. The van der Waals surface area contributed by atoms with Crippen LogP contribution in [-0.4, -0.2) is 19.5 Å². The monoisotopic (exact) mass is 240 g/mol. The lowest BCUT2D eigenvalue weighted by molar-refractivity contribution is 0.0843. The average Bonchev–Trinajstić information content (AvgIpc) is 1.95. The van der Waals surface area contributed by atoms with Crippen LogP contribution in [0, 0.1) is 0 Å². The van der Waals surface area contributed by atoms with Gasteiger partial charge < -0.3 is 9.11 Å². The molecule has 1 atom stereocenters. The van der Waals surface area contributed by atoms with E-state index in [1.807, 2.05) is 13.8 Å². The molecule has 0 aromatic rings. The van der Waals surface area contributed by atoms with E-state index in [0.717, 1.165) is 12.1 Å². The molecule has 0 radical (unpaired) electrons. The Morgan fingerprint density at radius 2 is 1.71 bits per heavy atom. The molecule has 14 heavy (non-hydrogen) atoms. The highest BCUT2D eigenvalue weighted by molar-refractivity contribution is 7.48. The molecular formula is C8H21O4PSi. The Balaban J connectivity index is 4.26. The first-order valence-electron chi connectivity index (χ1n) is 4.92. The molecule has 0 aliphatic carbocycles. The topological polar surface area (TPSA) is 55.8 Å². The van der Waals surface area contributed by atoms with Gasteiger partial charge in [-0.3, -0.25) is 4.52 Å². The van der Waals surface area contributed by atoms with Gasteiger partial charge in [-0.25, -0.2) is 4.57 Å². The number of phosphoric ester groups is 1. The summed E-state index contributed by atoms with van der Waals surface area (Å²) < 4.78 is 21.6. The second-order valence-corrected chi connectivity index (χ2v) is 9.06. The molecule has 0 saturated heterocycles. The van der Waals surface area contributed by atoms with Crippen LogP contribution in [0.25, 0.3) is 0 Å². The minimum atomic E-state index is -3.84. The second-order valence-electron chi connectivity index (χ2n) is 4.22. The van der Waals surface area contributed by atoms with Crippen LogP contribution in [0.5, 0.6) is 0 Å². The second kappa shape index (κ2) is 5.42. The zero-order valence-electron chi connectivity index (χ0n) is 9.61. The largest absolute Gasteiger partial charge is 0.462 e. The lowest BCUT2D eigenvalue weighted by Gasteiger charge is -2.25. The Kier molecular flexibility index (Phi) is 5.55. The van der Waals surface area contributed by atoms with Crippen molar-refractivity contribution in [2.75, 3.05) is 0 Å². The van der Waals surface area contributed by atoms with Gasteiger partial charge in [-0.05, 0) is 32.9 Å². The van der Waals surface area contributed by atoms with Crippen molar-refractivity contribution in [3.63, 3.8) is 0 Å². The SMILES string of the molecule is CC[SiH](CC)OP(=O)(O)OC(C)(C)C. The van der Waals surface area contributed by atoms with Crippen LogP contribution in [0.1, 0.15) is 34.6 Å². The fraction of sp³-hybridized carbons (Fsp3) is 1.00. The van der Waals surface area contributed by atoms with Gasteiger partial charge in [0, 0.05) is 0 Å². The molecule has 0 amide bonds. The van der Waals surface area contributed by atoms with Gasteiger partial charge in [-0.1, -0.05) is 13.8 Å². The molecule has 0 heterocycles. The van der Waals surface area contributed by atoms with Crippen molar-refractivity contribution in [2.45, 2.75) is 52.3 Å². The summed E-state index contributed by atoms with van der Waals surface area (Å²) in [4.78, 5) is 9.43. The van der Waals surface area contributed by atoms with Crippen LogP contribution in [-0.2, 0) is 13.3 Å². The molecule has 0 fully saturated rings. The molecule has 1 N–H and O–H groups in total. The van der Waals surface area contributed by atoms with Gasteiger partial charge in [0.25, 0.3) is 0 Å². The summed E-state index contributed by atoms with van der Waals surface area (Å²) in [5.41, 5.74) is -0.648. The van der Waals surface area contributed by atoms with Gasteiger partial charge in [-0.15, -0.1) is 0 Å².